The van der Waals surface area contributed by atoms with E-state index in [9.17, 15) is 14.4 Å². The predicted molar refractivity (Wildman–Crippen MR) is 82.7 cm³/mol. The van der Waals surface area contributed by atoms with Crippen molar-refractivity contribution in [2.75, 3.05) is 19.7 Å². The zero-order valence-electron chi connectivity index (χ0n) is 13.2. The second-order valence-electron chi connectivity index (χ2n) is 4.77. The van der Waals surface area contributed by atoms with Gasteiger partial charge in [-0.05, 0) is 26.2 Å². The van der Waals surface area contributed by atoms with Crippen molar-refractivity contribution in [3.05, 3.63) is 0 Å². The number of likely N-dealkylation sites (tertiary alicyclic amines) is 1. The van der Waals surface area contributed by atoms with Crippen molar-refractivity contribution < 1.29 is 24.2 Å². The Bertz CT molecular complexity index is 429. The van der Waals surface area contributed by atoms with Crippen molar-refractivity contribution in [3.63, 3.8) is 0 Å². The van der Waals surface area contributed by atoms with Crippen LogP contribution in [0.15, 0.2) is 0 Å². The molecular formula is C13H25N5O5. The number of nitrogens with two attached hydrogens (primary N) is 2. The first-order valence-corrected chi connectivity index (χ1v) is 7.33. The van der Waals surface area contributed by atoms with Gasteiger partial charge in [-0.15, -0.1) is 0 Å². The molecule has 1 aliphatic rings. The van der Waals surface area contributed by atoms with Gasteiger partial charge in [0.2, 0.25) is 5.91 Å². The first kappa shape index (κ1) is 20.6. The molecule has 1 rings (SSSR count). The van der Waals surface area contributed by atoms with Gasteiger partial charge in [0, 0.05) is 19.5 Å². The molecule has 1 atom stereocenters. The van der Waals surface area contributed by atoms with Crippen molar-refractivity contribution in [2.24, 2.45) is 11.5 Å². The van der Waals surface area contributed by atoms with E-state index in [0.717, 1.165) is 4.90 Å². The summed E-state index contributed by atoms with van der Waals surface area (Å²) in [6.45, 7) is 3.00. The lowest BCUT2D eigenvalue weighted by molar-refractivity contribution is -0.144. The minimum absolute atomic E-state index is 0.0743. The fourth-order valence-electron chi connectivity index (χ4n) is 1.76. The molecule has 2 amide bonds. The maximum absolute atomic E-state index is 11.0. The van der Waals surface area contributed by atoms with E-state index in [0.29, 0.717) is 45.4 Å². The molecular weight excluding hydrogens is 306 g/mol. The SMILES string of the molecule is CCOC(=O)[C@@H](N)CCCNC(=N)N.O=C(O)N1CCCC1=O. The van der Waals surface area contributed by atoms with Gasteiger partial charge in [-0.2, -0.15) is 0 Å². The average molecular weight is 331 g/mol. The van der Waals surface area contributed by atoms with Gasteiger partial charge in [-0.3, -0.25) is 15.0 Å². The number of imide groups is 1. The van der Waals surface area contributed by atoms with Crippen LogP contribution in [0.1, 0.15) is 32.6 Å². The molecule has 1 saturated heterocycles. The molecule has 7 N–H and O–H groups in total. The summed E-state index contributed by atoms with van der Waals surface area (Å²) < 4.78 is 4.73. The maximum atomic E-state index is 11.0. The van der Waals surface area contributed by atoms with Crippen molar-refractivity contribution in [1.29, 1.82) is 5.41 Å². The molecule has 10 heteroatoms. The summed E-state index contributed by atoms with van der Waals surface area (Å²) in [6, 6.07) is -0.580. The van der Waals surface area contributed by atoms with E-state index >= 15 is 0 Å². The van der Waals surface area contributed by atoms with Crippen molar-refractivity contribution in [2.45, 2.75) is 38.6 Å². The topological polar surface area (TPSA) is 172 Å². The Balaban J connectivity index is 0.000000459. The highest BCUT2D eigenvalue weighted by molar-refractivity contribution is 5.92. The Hall–Kier alpha value is -2.36. The number of carboxylic acid groups (broad SMARTS) is 1. The quantitative estimate of drug-likeness (QED) is 0.186. The van der Waals surface area contributed by atoms with Crippen LogP contribution in [0, 0.1) is 5.41 Å². The molecule has 0 unspecified atom stereocenters. The summed E-state index contributed by atoms with van der Waals surface area (Å²) in [4.78, 5) is 32.6. The summed E-state index contributed by atoms with van der Waals surface area (Å²) in [5.74, 6) is -0.729. The van der Waals surface area contributed by atoms with Crippen LogP contribution in [0.2, 0.25) is 0 Å². The summed E-state index contributed by atoms with van der Waals surface area (Å²) in [7, 11) is 0. The molecule has 23 heavy (non-hydrogen) atoms. The minimum Gasteiger partial charge on any atom is -0.465 e. The Kier molecular flexibility index (Phi) is 10.1. The van der Waals surface area contributed by atoms with Crippen LogP contribution in [-0.2, 0) is 14.3 Å². The summed E-state index contributed by atoms with van der Waals surface area (Å²) in [6.07, 6.45) is 1.13. The van der Waals surface area contributed by atoms with Crippen molar-refractivity contribution in [3.8, 4) is 0 Å². The molecule has 0 aromatic rings. The Morgan fingerprint density at radius 3 is 2.57 bits per heavy atom. The number of rotatable bonds is 6. The molecule has 1 fully saturated rings. The molecule has 0 spiro atoms. The van der Waals surface area contributed by atoms with Gasteiger partial charge in [0.15, 0.2) is 5.96 Å². The number of nitrogens with one attached hydrogen (secondary N) is 2. The van der Waals surface area contributed by atoms with E-state index in [2.05, 4.69) is 5.32 Å². The number of hydrogen-bond acceptors (Lipinski definition) is 6. The fraction of sp³-hybridized carbons (Fsp3) is 0.692. The zero-order chi connectivity index (χ0) is 17.8. The van der Waals surface area contributed by atoms with Gasteiger partial charge in [-0.25, -0.2) is 9.69 Å². The molecule has 0 saturated carbocycles. The van der Waals surface area contributed by atoms with Gasteiger partial charge >= 0.3 is 12.1 Å². The predicted octanol–water partition coefficient (Wildman–Crippen LogP) is -0.573. The summed E-state index contributed by atoms with van der Waals surface area (Å²) >= 11 is 0. The molecule has 0 bridgehead atoms. The standard InChI is InChI=1S/C8H18N4O2.C5H7NO3/c1-2-14-7(13)6(9)4-3-5-12-8(10)11;7-4-2-1-3-6(4)5(8)9/h6H,2-5,9H2,1H3,(H4,10,11,12);1-3H2,(H,8,9)/t6-;/m0./s1. The van der Waals surface area contributed by atoms with Gasteiger partial charge in [0.05, 0.1) is 6.61 Å². The highest BCUT2D eigenvalue weighted by atomic mass is 16.5. The second kappa shape index (κ2) is 11.2. The molecule has 0 radical (unpaired) electrons. The molecule has 1 heterocycles. The van der Waals surface area contributed by atoms with Crippen LogP contribution in [0.4, 0.5) is 4.79 Å². The Labute approximate surface area is 134 Å². The lowest BCUT2D eigenvalue weighted by Crippen LogP contribution is -2.35. The summed E-state index contributed by atoms with van der Waals surface area (Å²) in [5.41, 5.74) is 10.6. The average Bonchev–Trinajstić information content (AvgIpc) is 2.90. The molecule has 0 aromatic heterocycles. The molecule has 132 valence electrons. The van der Waals surface area contributed by atoms with E-state index < -0.39 is 12.1 Å². The second-order valence-corrected chi connectivity index (χ2v) is 4.77. The minimum atomic E-state index is -1.13. The lowest BCUT2D eigenvalue weighted by atomic mass is 10.2. The van der Waals surface area contributed by atoms with Gasteiger partial charge in [0.25, 0.3) is 0 Å². The first-order valence-electron chi connectivity index (χ1n) is 7.33. The van der Waals surface area contributed by atoms with Crippen molar-refractivity contribution in [1.82, 2.24) is 10.2 Å². The highest BCUT2D eigenvalue weighted by Crippen LogP contribution is 2.08. The third kappa shape index (κ3) is 9.30. The van der Waals surface area contributed by atoms with Crippen LogP contribution in [0.25, 0.3) is 0 Å². The van der Waals surface area contributed by atoms with E-state index in [4.69, 9.17) is 26.7 Å². The zero-order valence-corrected chi connectivity index (χ0v) is 13.2. The van der Waals surface area contributed by atoms with Crippen LogP contribution in [0.5, 0.6) is 0 Å². The summed E-state index contributed by atoms with van der Waals surface area (Å²) in [5, 5.41) is 17.8. The van der Waals surface area contributed by atoms with Crippen LogP contribution in [0.3, 0.4) is 0 Å². The highest BCUT2D eigenvalue weighted by Gasteiger charge is 2.25. The fourth-order valence-corrected chi connectivity index (χ4v) is 1.76. The first-order chi connectivity index (χ1) is 10.8. The number of ether oxygens (including phenoxy) is 1. The Morgan fingerprint density at radius 2 is 2.17 bits per heavy atom. The van der Waals surface area contributed by atoms with E-state index in [1.54, 1.807) is 6.92 Å². The normalized spacial score (nSPS) is 14.5. The van der Waals surface area contributed by atoms with Crippen LogP contribution in [-0.4, -0.2) is 59.7 Å². The number of carbonyl (C=O) groups excluding carboxylic acids is 2. The number of amides is 2. The van der Waals surface area contributed by atoms with Crippen LogP contribution >= 0.6 is 0 Å². The van der Waals surface area contributed by atoms with Crippen LogP contribution < -0.4 is 16.8 Å². The van der Waals surface area contributed by atoms with Crippen molar-refractivity contribution >= 4 is 23.9 Å². The number of guanidine groups is 1. The molecule has 0 aliphatic carbocycles. The molecule has 1 aliphatic heterocycles. The van der Waals surface area contributed by atoms with Gasteiger partial charge in [-0.1, -0.05) is 0 Å². The third-order valence-electron chi connectivity index (χ3n) is 2.90. The third-order valence-corrected chi connectivity index (χ3v) is 2.90. The smallest absolute Gasteiger partial charge is 0.414 e. The molecule has 10 nitrogen and oxygen atoms in total. The number of esters is 1. The Morgan fingerprint density at radius 1 is 1.52 bits per heavy atom. The number of carbonyl (C=O) groups is 3. The molecule has 0 aromatic carbocycles. The van der Waals surface area contributed by atoms with Gasteiger partial charge in [0.1, 0.15) is 6.04 Å². The largest absolute Gasteiger partial charge is 0.465 e. The maximum Gasteiger partial charge on any atom is 0.414 e. The lowest BCUT2D eigenvalue weighted by Gasteiger charge is -2.10. The number of nitrogens with zero attached hydrogens (tertiary/aromatic N) is 1. The number of hydrogen-bond donors (Lipinski definition) is 5. The van der Waals surface area contributed by atoms with E-state index in [1.165, 1.54) is 0 Å². The monoisotopic (exact) mass is 331 g/mol. The van der Waals surface area contributed by atoms with Gasteiger partial charge < -0.3 is 26.6 Å². The van der Waals surface area contributed by atoms with E-state index in [-0.39, 0.29) is 17.8 Å². The van der Waals surface area contributed by atoms with E-state index in [1.807, 2.05) is 0 Å².